The second-order valence-electron chi connectivity index (χ2n) is 7.43. The Labute approximate surface area is 152 Å². The minimum Gasteiger partial charge on any atom is -0.379 e. The summed E-state index contributed by atoms with van der Waals surface area (Å²) in [5.41, 5.74) is 3.15. The fourth-order valence-electron chi connectivity index (χ4n) is 3.75. The van der Waals surface area contributed by atoms with Crippen LogP contribution in [-0.4, -0.2) is 70.5 Å². The van der Waals surface area contributed by atoms with Crippen LogP contribution in [0.1, 0.15) is 39.5 Å². The van der Waals surface area contributed by atoms with Gasteiger partial charge in [0.25, 0.3) is 0 Å². The molecule has 2 rings (SSSR count). The second kappa shape index (κ2) is 10.7. The van der Waals surface area contributed by atoms with E-state index < -0.39 is 0 Å². The molecule has 25 heavy (non-hydrogen) atoms. The fraction of sp³-hybridized carbons (Fsp3) is 1.00. The number of ether oxygens (including phenoxy) is 1. The Morgan fingerprint density at radius 1 is 1.12 bits per heavy atom. The summed E-state index contributed by atoms with van der Waals surface area (Å²) >= 11 is 0. The Balaban J connectivity index is 1.83. The van der Waals surface area contributed by atoms with Gasteiger partial charge in [0.2, 0.25) is 0 Å². The van der Waals surface area contributed by atoms with Gasteiger partial charge in [-0.2, -0.15) is 5.48 Å². The monoisotopic (exact) mass is 358 g/mol. The lowest BCUT2D eigenvalue weighted by Gasteiger charge is -2.41. The number of hydrogen-bond acceptors (Lipinski definition) is 8. The number of methoxy groups -OCH3 is 1. The maximum atomic E-state index is 5.98. The van der Waals surface area contributed by atoms with Crippen molar-refractivity contribution in [1.29, 1.82) is 0 Å². The van der Waals surface area contributed by atoms with E-state index in [-0.39, 0.29) is 24.5 Å². The molecule has 0 radical (unpaired) electrons. The second-order valence-corrected chi connectivity index (χ2v) is 7.43. The quantitative estimate of drug-likeness (QED) is 0.306. The maximum absolute atomic E-state index is 5.98. The Kier molecular flexibility index (Phi) is 9.01. The summed E-state index contributed by atoms with van der Waals surface area (Å²) < 4.78 is 5.64. The summed E-state index contributed by atoms with van der Waals surface area (Å²) in [7, 11) is 5.72. The average molecular weight is 359 g/mol. The third kappa shape index (κ3) is 6.73. The molecule has 0 bridgehead atoms. The van der Waals surface area contributed by atoms with Crippen molar-refractivity contribution in [2.45, 2.75) is 82.3 Å². The van der Waals surface area contributed by atoms with Crippen molar-refractivity contribution < 1.29 is 9.57 Å². The van der Waals surface area contributed by atoms with E-state index in [2.05, 4.69) is 45.9 Å². The van der Waals surface area contributed by atoms with Gasteiger partial charge >= 0.3 is 0 Å². The van der Waals surface area contributed by atoms with E-state index in [4.69, 9.17) is 9.57 Å². The first kappa shape index (κ1) is 21.0. The highest BCUT2D eigenvalue weighted by Crippen LogP contribution is 2.24. The summed E-state index contributed by atoms with van der Waals surface area (Å²) in [5.74, 6) is 0. The minimum absolute atomic E-state index is 0.0525. The first-order valence-electron chi connectivity index (χ1n) is 9.59. The molecule has 7 atom stereocenters. The van der Waals surface area contributed by atoms with Crippen LogP contribution >= 0.6 is 0 Å². The molecule has 0 aromatic heterocycles. The van der Waals surface area contributed by atoms with E-state index >= 15 is 0 Å². The molecule has 1 aliphatic carbocycles. The van der Waals surface area contributed by atoms with Gasteiger partial charge in [-0.1, -0.05) is 0 Å². The number of rotatable bonds is 9. The third-order valence-corrected chi connectivity index (χ3v) is 5.12. The van der Waals surface area contributed by atoms with E-state index in [1.165, 1.54) is 0 Å². The number of nitrogens with one attached hydrogen (secondary N) is 6. The highest BCUT2D eigenvalue weighted by Gasteiger charge is 2.34. The predicted molar refractivity (Wildman–Crippen MR) is 100.0 cm³/mol. The molecule has 0 spiro atoms. The van der Waals surface area contributed by atoms with Crippen molar-refractivity contribution in [2.24, 2.45) is 0 Å². The van der Waals surface area contributed by atoms with Gasteiger partial charge in [-0.25, -0.2) is 0 Å². The lowest BCUT2D eigenvalue weighted by molar-refractivity contribution is -0.129. The molecule has 0 aromatic rings. The molecular weight excluding hydrogens is 320 g/mol. The van der Waals surface area contributed by atoms with Crippen molar-refractivity contribution in [1.82, 2.24) is 32.1 Å². The number of hydroxylamine groups is 1. The van der Waals surface area contributed by atoms with Gasteiger partial charge in [-0.3, -0.25) is 20.8 Å². The van der Waals surface area contributed by atoms with Crippen molar-refractivity contribution in [3.63, 3.8) is 0 Å². The summed E-state index contributed by atoms with van der Waals surface area (Å²) in [6.07, 6.45) is 4.73. The van der Waals surface area contributed by atoms with Gasteiger partial charge in [0.05, 0.1) is 12.3 Å². The predicted octanol–water partition coefficient (Wildman–Crippen LogP) is -0.558. The van der Waals surface area contributed by atoms with Crippen LogP contribution in [0.15, 0.2) is 0 Å². The molecule has 0 aromatic carbocycles. The molecule has 1 saturated carbocycles. The molecule has 1 saturated heterocycles. The zero-order valence-electron chi connectivity index (χ0n) is 16.4. The van der Waals surface area contributed by atoms with E-state index in [0.717, 1.165) is 32.2 Å². The third-order valence-electron chi connectivity index (χ3n) is 5.12. The molecule has 7 unspecified atom stereocenters. The SMILES string of the molecule is CNCC(C)NOC1CC(NC2NC(C)CC(NC)N2)CCC1OC. The van der Waals surface area contributed by atoms with Crippen LogP contribution in [0.4, 0.5) is 0 Å². The molecule has 8 nitrogen and oxygen atoms in total. The zero-order valence-corrected chi connectivity index (χ0v) is 16.4. The van der Waals surface area contributed by atoms with Gasteiger partial charge in [-0.05, 0) is 53.6 Å². The van der Waals surface area contributed by atoms with Gasteiger partial charge in [0, 0.05) is 31.8 Å². The van der Waals surface area contributed by atoms with E-state index in [0.29, 0.717) is 18.2 Å². The van der Waals surface area contributed by atoms with Crippen molar-refractivity contribution in [2.75, 3.05) is 27.7 Å². The molecule has 0 amide bonds. The lowest BCUT2D eigenvalue weighted by Crippen LogP contribution is -2.68. The summed E-state index contributed by atoms with van der Waals surface area (Å²) in [6, 6.07) is 1.13. The zero-order chi connectivity index (χ0) is 18.2. The highest BCUT2D eigenvalue weighted by atomic mass is 16.7. The first-order chi connectivity index (χ1) is 12.0. The van der Waals surface area contributed by atoms with E-state index in [9.17, 15) is 0 Å². The molecule has 6 N–H and O–H groups in total. The number of likely N-dealkylation sites (N-methyl/N-ethyl adjacent to an activating group) is 1. The van der Waals surface area contributed by atoms with Gasteiger partial charge in [-0.15, -0.1) is 0 Å². The first-order valence-corrected chi connectivity index (χ1v) is 9.59. The van der Waals surface area contributed by atoms with Crippen LogP contribution in [0.3, 0.4) is 0 Å². The molecule has 2 aliphatic rings. The van der Waals surface area contributed by atoms with Crippen LogP contribution < -0.4 is 32.1 Å². The fourth-order valence-corrected chi connectivity index (χ4v) is 3.75. The molecule has 2 fully saturated rings. The summed E-state index contributed by atoms with van der Waals surface area (Å²) in [6.45, 7) is 5.19. The topological polar surface area (TPSA) is 90.6 Å². The molecule has 1 heterocycles. The van der Waals surface area contributed by atoms with Crippen LogP contribution in [0.25, 0.3) is 0 Å². The van der Waals surface area contributed by atoms with Crippen molar-refractivity contribution >= 4 is 0 Å². The Morgan fingerprint density at radius 3 is 2.60 bits per heavy atom. The Bertz CT molecular complexity index is 375. The van der Waals surface area contributed by atoms with Crippen LogP contribution in [-0.2, 0) is 9.57 Å². The Morgan fingerprint density at radius 2 is 1.92 bits per heavy atom. The van der Waals surface area contributed by atoms with E-state index in [1.807, 2.05) is 14.1 Å². The largest absolute Gasteiger partial charge is 0.379 e. The highest BCUT2D eigenvalue weighted by molar-refractivity contribution is 4.89. The minimum atomic E-state index is 0.0525. The van der Waals surface area contributed by atoms with Crippen molar-refractivity contribution in [3.05, 3.63) is 0 Å². The Hall–Kier alpha value is -0.320. The van der Waals surface area contributed by atoms with Gasteiger partial charge in [0.1, 0.15) is 12.4 Å². The van der Waals surface area contributed by atoms with E-state index in [1.54, 1.807) is 7.11 Å². The lowest BCUT2D eigenvalue weighted by atomic mass is 9.90. The van der Waals surface area contributed by atoms with Crippen LogP contribution in [0, 0.1) is 0 Å². The average Bonchev–Trinajstić information content (AvgIpc) is 2.60. The standard InChI is InChI=1S/C17H38N6O2/c1-11-8-16(19-4)22-17(20-11)21-13-6-7-14(24-5)15(9-13)25-23-12(2)10-18-3/h11-23H,6-10H2,1-5H3. The molecular formula is C17H38N6O2. The van der Waals surface area contributed by atoms with Gasteiger partial charge in [0.15, 0.2) is 0 Å². The number of hydrogen-bond donors (Lipinski definition) is 6. The molecule has 1 aliphatic heterocycles. The summed E-state index contributed by atoms with van der Waals surface area (Å²) in [4.78, 5) is 5.98. The smallest absolute Gasteiger partial charge is 0.113 e. The van der Waals surface area contributed by atoms with Gasteiger partial charge < -0.3 is 15.4 Å². The molecule has 148 valence electrons. The maximum Gasteiger partial charge on any atom is 0.113 e. The molecule has 8 heteroatoms. The normalized spacial score (nSPS) is 37.8. The van der Waals surface area contributed by atoms with Crippen LogP contribution in [0.2, 0.25) is 0 Å². The summed E-state index contributed by atoms with van der Waals surface area (Å²) in [5, 5.41) is 17.3. The van der Waals surface area contributed by atoms with Crippen molar-refractivity contribution in [3.8, 4) is 0 Å². The van der Waals surface area contributed by atoms with Crippen LogP contribution in [0.5, 0.6) is 0 Å².